The molecule has 2 rings (SSSR count). The molecule has 0 heterocycles. The Bertz CT molecular complexity index is 918. The van der Waals surface area contributed by atoms with Crippen LogP contribution in [0.15, 0.2) is 57.2 Å². The van der Waals surface area contributed by atoms with Gasteiger partial charge in [-0.15, -0.1) is 0 Å². The standard InChI is InChI=1S/C14H13ClO6S2/c1-20-10-6-8-11(9-7-10)22(16,17)14-12(21-2)4-3-5-13(14)23(15,18)19/h3-9H,1-2H3. The van der Waals surface area contributed by atoms with Gasteiger partial charge in [0.15, 0.2) is 0 Å². The molecule has 0 saturated heterocycles. The average Bonchev–Trinajstić information content (AvgIpc) is 2.53. The molecule has 0 amide bonds. The smallest absolute Gasteiger partial charge is 0.262 e. The van der Waals surface area contributed by atoms with Crippen LogP contribution in [0.2, 0.25) is 0 Å². The van der Waals surface area contributed by atoms with Crippen molar-refractivity contribution in [2.45, 2.75) is 14.7 Å². The lowest BCUT2D eigenvalue weighted by Gasteiger charge is -2.13. The lowest BCUT2D eigenvalue weighted by molar-refractivity contribution is 0.399. The number of ether oxygens (including phenoxy) is 2. The highest BCUT2D eigenvalue weighted by atomic mass is 35.7. The van der Waals surface area contributed by atoms with Crippen LogP contribution in [0, 0.1) is 0 Å². The molecule has 0 aliphatic carbocycles. The second-order valence-corrected chi connectivity index (χ2v) is 8.83. The second kappa shape index (κ2) is 6.38. The van der Waals surface area contributed by atoms with E-state index in [2.05, 4.69) is 0 Å². The Morgan fingerprint density at radius 3 is 1.96 bits per heavy atom. The van der Waals surface area contributed by atoms with Gasteiger partial charge in [-0.2, -0.15) is 0 Å². The molecule has 0 unspecified atom stereocenters. The highest BCUT2D eigenvalue weighted by Crippen LogP contribution is 2.36. The Balaban J connectivity index is 2.77. The molecule has 2 aromatic rings. The van der Waals surface area contributed by atoms with Crippen LogP contribution in [-0.4, -0.2) is 31.1 Å². The third kappa shape index (κ3) is 3.44. The van der Waals surface area contributed by atoms with Crippen molar-refractivity contribution in [1.82, 2.24) is 0 Å². The van der Waals surface area contributed by atoms with Crippen LogP contribution in [0.1, 0.15) is 0 Å². The monoisotopic (exact) mass is 376 g/mol. The molecule has 0 aliphatic rings. The number of hydrogen-bond donors (Lipinski definition) is 0. The van der Waals surface area contributed by atoms with Crippen molar-refractivity contribution in [2.75, 3.05) is 14.2 Å². The molecule has 23 heavy (non-hydrogen) atoms. The minimum Gasteiger partial charge on any atom is -0.497 e. The number of rotatable bonds is 5. The number of halogens is 1. The van der Waals surface area contributed by atoms with Crippen molar-refractivity contribution in [3.63, 3.8) is 0 Å². The van der Waals surface area contributed by atoms with Crippen LogP contribution in [0.4, 0.5) is 0 Å². The van der Waals surface area contributed by atoms with E-state index in [9.17, 15) is 16.8 Å². The van der Waals surface area contributed by atoms with Crippen LogP contribution in [-0.2, 0) is 18.9 Å². The number of methoxy groups -OCH3 is 2. The first-order chi connectivity index (χ1) is 10.7. The first kappa shape index (κ1) is 17.6. The fourth-order valence-corrected chi connectivity index (χ4v) is 5.21. The van der Waals surface area contributed by atoms with Crippen molar-refractivity contribution in [1.29, 1.82) is 0 Å². The van der Waals surface area contributed by atoms with Gasteiger partial charge >= 0.3 is 0 Å². The third-order valence-corrected chi connectivity index (χ3v) is 6.41. The fourth-order valence-electron chi connectivity index (χ4n) is 1.99. The Morgan fingerprint density at radius 1 is 0.870 bits per heavy atom. The van der Waals surface area contributed by atoms with E-state index >= 15 is 0 Å². The van der Waals surface area contributed by atoms with Crippen molar-refractivity contribution in [3.8, 4) is 11.5 Å². The molecule has 0 spiro atoms. The lowest BCUT2D eigenvalue weighted by atomic mass is 10.3. The maximum atomic E-state index is 12.8. The van der Waals surface area contributed by atoms with Crippen LogP contribution in [0.5, 0.6) is 11.5 Å². The second-order valence-electron chi connectivity index (χ2n) is 4.40. The van der Waals surface area contributed by atoms with Crippen molar-refractivity contribution >= 4 is 29.6 Å². The van der Waals surface area contributed by atoms with E-state index in [-0.39, 0.29) is 10.6 Å². The summed E-state index contributed by atoms with van der Waals surface area (Å²) in [6, 6.07) is 9.34. The first-order valence-electron chi connectivity index (χ1n) is 6.22. The van der Waals surface area contributed by atoms with Gasteiger partial charge < -0.3 is 9.47 Å². The highest BCUT2D eigenvalue weighted by molar-refractivity contribution is 8.14. The number of hydrogen-bond acceptors (Lipinski definition) is 6. The van der Waals surface area contributed by atoms with Gasteiger partial charge in [0.2, 0.25) is 9.84 Å². The van der Waals surface area contributed by atoms with Crippen LogP contribution in [0.3, 0.4) is 0 Å². The summed E-state index contributed by atoms with van der Waals surface area (Å²) in [6.07, 6.45) is 0. The maximum Gasteiger partial charge on any atom is 0.262 e. The number of sulfone groups is 1. The zero-order valence-corrected chi connectivity index (χ0v) is 14.6. The summed E-state index contributed by atoms with van der Waals surface area (Å²) in [5, 5.41) is 0. The van der Waals surface area contributed by atoms with Gasteiger partial charge in [-0.25, -0.2) is 16.8 Å². The van der Waals surface area contributed by atoms with Crippen molar-refractivity contribution in [3.05, 3.63) is 42.5 Å². The molecule has 0 N–H and O–H groups in total. The zero-order valence-electron chi connectivity index (χ0n) is 12.2. The normalized spacial score (nSPS) is 12.0. The molecule has 0 aliphatic heterocycles. The summed E-state index contributed by atoms with van der Waals surface area (Å²) >= 11 is 0. The molecule has 0 bridgehead atoms. The predicted octanol–water partition coefficient (Wildman–Crippen LogP) is 2.46. The highest BCUT2D eigenvalue weighted by Gasteiger charge is 2.30. The molecular formula is C14H13ClO6S2. The molecule has 124 valence electrons. The Morgan fingerprint density at radius 2 is 1.48 bits per heavy atom. The topological polar surface area (TPSA) is 86.7 Å². The predicted molar refractivity (Wildman–Crippen MR) is 84.5 cm³/mol. The van der Waals surface area contributed by atoms with Crippen LogP contribution in [0.25, 0.3) is 0 Å². The van der Waals surface area contributed by atoms with Gasteiger partial charge in [0.05, 0.1) is 19.1 Å². The quantitative estimate of drug-likeness (QED) is 0.745. The van der Waals surface area contributed by atoms with Gasteiger partial charge in [0, 0.05) is 10.7 Å². The molecular weight excluding hydrogens is 364 g/mol. The van der Waals surface area contributed by atoms with Gasteiger partial charge in [-0.05, 0) is 36.4 Å². The molecule has 0 atom stereocenters. The molecule has 0 aromatic heterocycles. The minimum absolute atomic E-state index is 0.107. The Hall–Kier alpha value is -1.77. The van der Waals surface area contributed by atoms with E-state index in [1.165, 1.54) is 50.6 Å². The Labute approximate surface area is 139 Å². The van der Waals surface area contributed by atoms with E-state index in [1.54, 1.807) is 0 Å². The molecule has 0 saturated carbocycles. The van der Waals surface area contributed by atoms with Gasteiger partial charge in [-0.1, -0.05) is 6.07 Å². The number of benzene rings is 2. The maximum absolute atomic E-state index is 12.8. The summed E-state index contributed by atoms with van der Waals surface area (Å²) in [7, 11) is -0.391. The molecule has 9 heteroatoms. The van der Waals surface area contributed by atoms with E-state index in [0.29, 0.717) is 5.75 Å². The summed E-state index contributed by atoms with van der Waals surface area (Å²) in [4.78, 5) is -1.14. The molecule has 6 nitrogen and oxygen atoms in total. The molecule has 0 radical (unpaired) electrons. The summed E-state index contributed by atoms with van der Waals surface area (Å²) < 4.78 is 59.1. The van der Waals surface area contributed by atoms with Crippen molar-refractivity contribution in [2.24, 2.45) is 0 Å². The minimum atomic E-state index is -4.28. The van der Waals surface area contributed by atoms with E-state index in [1.807, 2.05) is 0 Å². The van der Waals surface area contributed by atoms with Gasteiger partial charge in [0.25, 0.3) is 9.05 Å². The fraction of sp³-hybridized carbons (Fsp3) is 0.143. The van der Waals surface area contributed by atoms with Crippen LogP contribution < -0.4 is 9.47 Å². The molecule has 0 fully saturated rings. The SMILES string of the molecule is COc1ccc(S(=O)(=O)c2c(OC)cccc2S(=O)(=O)Cl)cc1. The zero-order chi connectivity index (χ0) is 17.3. The van der Waals surface area contributed by atoms with Gasteiger partial charge in [0.1, 0.15) is 21.3 Å². The summed E-state index contributed by atoms with van der Waals surface area (Å²) in [5.41, 5.74) is 0. The lowest BCUT2D eigenvalue weighted by Crippen LogP contribution is -2.09. The third-order valence-electron chi connectivity index (χ3n) is 3.06. The average molecular weight is 377 g/mol. The Kier molecular flexibility index (Phi) is 4.88. The first-order valence-corrected chi connectivity index (χ1v) is 10.0. The summed E-state index contributed by atoms with van der Waals surface area (Å²) in [6.45, 7) is 0. The molecule has 2 aromatic carbocycles. The summed E-state index contributed by atoms with van der Waals surface area (Å²) in [5.74, 6) is 0.358. The van der Waals surface area contributed by atoms with Gasteiger partial charge in [-0.3, -0.25) is 0 Å². The van der Waals surface area contributed by atoms with E-state index in [0.717, 1.165) is 6.07 Å². The van der Waals surface area contributed by atoms with E-state index < -0.39 is 28.7 Å². The van der Waals surface area contributed by atoms with E-state index in [4.69, 9.17) is 20.2 Å². The van der Waals surface area contributed by atoms with Crippen LogP contribution >= 0.6 is 10.7 Å². The largest absolute Gasteiger partial charge is 0.497 e. The van der Waals surface area contributed by atoms with Crippen molar-refractivity contribution < 1.29 is 26.3 Å².